The number of hydrogen-bond donors (Lipinski definition) is 0. The molecule has 1 aromatic heterocycles. The topological polar surface area (TPSA) is 59.9 Å². The van der Waals surface area contributed by atoms with E-state index in [0.29, 0.717) is 28.9 Å². The standard InChI is InChI=1S/C17H26N2O2/c1-8-12(20)13-14(17(21)11(6)7)16(10(4)5)19-18-15(13)9(2)3/h9-11H,8H2,1-7H3. The molecule has 1 rings (SSSR count). The molecule has 0 radical (unpaired) electrons. The Labute approximate surface area is 127 Å². The van der Waals surface area contributed by atoms with Crippen LogP contribution in [0.3, 0.4) is 0 Å². The van der Waals surface area contributed by atoms with Crippen molar-refractivity contribution in [1.29, 1.82) is 0 Å². The maximum Gasteiger partial charge on any atom is 0.168 e. The fourth-order valence-corrected chi connectivity index (χ4v) is 2.27. The molecule has 1 heterocycles. The monoisotopic (exact) mass is 290 g/mol. The van der Waals surface area contributed by atoms with Crippen LogP contribution in [0.15, 0.2) is 0 Å². The van der Waals surface area contributed by atoms with Crippen molar-refractivity contribution in [3.05, 3.63) is 22.5 Å². The van der Waals surface area contributed by atoms with Gasteiger partial charge in [0.15, 0.2) is 11.6 Å². The summed E-state index contributed by atoms with van der Waals surface area (Å²) in [5.41, 5.74) is 2.25. The van der Waals surface area contributed by atoms with Gasteiger partial charge in [-0.15, -0.1) is 0 Å². The summed E-state index contributed by atoms with van der Waals surface area (Å²) in [6.45, 7) is 13.4. The van der Waals surface area contributed by atoms with Crippen LogP contribution >= 0.6 is 0 Å². The summed E-state index contributed by atoms with van der Waals surface area (Å²) >= 11 is 0. The average Bonchev–Trinajstić information content (AvgIpc) is 2.43. The fraction of sp³-hybridized carbons (Fsp3) is 0.647. The predicted octanol–water partition coefficient (Wildman–Crippen LogP) is 4.15. The molecule has 1 aromatic rings. The molecule has 0 saturated heterocycles. The minimum absolute atomic E-state index is 0.0210. The molecule has 0 spiro atoms. The van der Waals surface area contributed by atoms with E-state index in [1.54, 1.807) is 0 Å². The quantitative estimate of drug-likeness (QED) is 0.738. The van der Waals surface area contributed by atoms with Gasteiger partial charge in [0.2, 0.25) is 0 Å². The third-order valence-electron chi connectivity index (χ3n) is 3.49. The first-order valence-electron chi connectivity index (χ1n) is 7.70. The summed E-state index contributed by atoms with van der Waals surface area (Å²) in [7, 11) is 0. The summed E-state index contributed by atoms with van der Waals surface area (Å²) < 4.78 is 0. The van der Waals surface area contributed by atoms with E-state index in [0.717, 1.165) is 0 Å². The van der Waals surface area contributed by atoms with Gasteiger partial charge >= 0.3 is 0 Å². The van der Waals surface area contributed by atoms with Crippen LogP contribution in [0, 0.1) is 5.92 Å². The zero-order valence-electron chi connectivity index (χ0n) is 14.2. The maximum absolute atomic E-state index is 12.7. The number of aromatic nitrogens is 2. The molecule has 0 aliphatic heterocycles. The van der Waals surface area contributed by atoms with Crippen molar-refractivity contribution in [3.63, 3.8) is 0 Å². The highest BCUT2D eigenvalue weighted by Crippen LogP contribution is 2.29. The molecular formula is C17H26N2O2. The van der Waals surface area contributed by atoms with Crippen LogP contribution in [0.25, 0.3) is 0 Å². The molecule has 0 saturated carbocycles. The van der Waals surface area contributed by atoms with Crippen molar-refractivity contribution in [2.45, 2.75) is 66.7 Å². The summed E-state index contributed by atoms with van der Waals surface area (Å²) in [4.78, 5) is 25.1. The van der Waals surface area contributed by atoms with Crippen LogP contribution in [0.4, 0.5) is 0 Å². The van der Waals surface area contributed by atoms with E-state index in [1.807, 2.05) is 48.5 Å². The minimum Gasteiger partial charge on any atom is -0.294 e. The number of carbonyl (C=O) groups excluding carboxylic acids is 2. The molecule has 0 fully saturated rings. The molecule has 4 nitrogen and oxygen atoms in total. The number of ketones is 2. The first kappa shape index (κ1) is 17.5. The van der Waals surface area contributed by atoms with E-state index < -0.39 is 0 Å². The summed E-state index contributed by atoms with van der Waals surface area (Å²) in [6, 6.07) is 0. The predicted molar refractivity (Wildman–Crippen MR) is 84.0 cm³/mol. The molecule has 0 aliphatic rings. The van der Waals surface area contributed by atoms with Crippen LogP contribution in [0.1, 0.15) is 98.8 Å². The molecule has 0 unspecified atom stereocenters. The largest absolute Gasteiger partial charge is 0.294 e. The lowest BCUT2D eigenvalue weighted by Gasteiger charge is -2.19. The van der Waals surface area contributed by atoms with Gasteiger partial charge in [0.25, 0.3) is 0 Å². The molecule has 0 bridgehead atoms. The van der Waals surface area contributed by atoms with E-state index >= 15 is 0 Å². The molecule has 0 atom stereocenters. The normalized spacial score (nSPS) is 11.5. The third kappa shape index (κ3) is 3.55. The SMILES string of the molecule is CCC(=O)c1c(C(C)C)nnc(C(C)C)c1C(=O)C(C)C. The molecule has 21 heavy (non-hydrogen) atoms. The second-order valence-electron chi connectivity index (χ2n) is 6.33. The first-order valence-corrected chi connectivity index (χ1v) is 7.70. The van der Waals surface area contributed by atoms with Crippen LogP contribution < -0.4 is 0 Å². The highest BCUT2D eigenvalue weighted by Gasteiger charge is 2.29. The molecule has 0 amide bonds. The van der Waals surface area contributed by atoms with Gasteiger partial charge in [-0.25, -0.2) is 0 Å². The number of carbonyl (C=O) groups is 2. The lowest BCUT2D eigenvalue weighted by Crippen LogP contribution is -2.22. The molecule has 116 valence electrons. The molecule has 0 aliphatic carbocycles. The van der Waals surface area contributed by atoms with E-state index in [-0.39, 0.29) is 29.3 Å². The van der Waals surface area contributed by atoms with Crippen molar-refractivity contribution >= 4 is 11.6 Å². The van der Waals surface area contributed by atoms with Gasteiger partial charge in [0.1, 0.15) is 0 Å². The Morgan fingerprint density at radius 1 is 0.857 bits per heavy atom. The van der Waals surface area contributed by atoms with Crippen LogP contribution in [0.5, 0.6) is 0 Å². The lowest BCUT2D eigenvalue weighted by atomic mass is 9.86. The van der Waals surface area contributed by atoms with Gasteiger partial charge in [-0.05, 0) is 11.8 Å². The second-order valence-corrected chi connectivity index (χ2v) is 6.33. The summed E-state index contributed by atoms with van der Waals surface area (Å²) in [5.74, 6) is -0.107. The van der Waals surface area contributed by atoms with Crippen LogP contribution in [-0.4, -0.2) is 21.8 Å². The lowest BCUT2D eigenvalue weighted by molar-refractivity contribution is 0.0919. The van der Waals surface area contributed by atoms with E-state index in [2.05, 4.69) is 10.2 Å². The molecule has 0 N–H and O–H groups in total. The van der Waals surface area contributed by atoms with Gasteiger partial charge in [0.05, 0.1) is 22.5 Å². The number of nitrogens with zero attached hydrogens (tertiary/aromatic N) is 2. The Balaban J connectivity index is 3.77. The van der Waals surface area contributed by atoms with Crippen molar-refractivity contribution in [2.75, 3.05) is 0 Å². The molecule has 0 aromatic carbocycles. The average molecular weight is 290 g/mol. The Hall–Kier alpha value is -1.58. The van der Waals surface area contributed by atoms with Crippen molar-refractivity contribution < 1.29 is 9.59 Å². The van der Waals surface area contributed by atoms with Gasteiger partial charge in [0, 0.05) is 12.3 Å². The minimum atomic E-state index is -0.171. The van der Waals surface area contributed by atoms with Gasteiger partial charge in [-0.2, -0.15) is 10.2 Å². The smallest absolute Gasteiger partial charge is 0.168 e. The van der Waals surface area contributed by atoms with Gasteiger partial charge < -0.3 is 0 Å². The molecule has 4 heteroatoms. The molecular weight excluding hydrogens is 264 g/mol. The highest BCUT2D eigenvalue weighted by atomic mass is 16.1. The number of hydrogen-bond acceptors (Lipinski definition) is 4. The zero-order valence-corrected chi connectivity index (χ0v) is 14.2. The number of Topliss-reactive ketones (excluding diaryl/α,β-unsaturated/α-hetero) is 2. The van der Waals surface area contributed by atoms with E-state index in [4.69, 9.17) is 0 Å². The zero-order chi connectivity index (χ0) is 16.3. The van der Waals surface area contributed by atoms with Crippen molar-refractivity contribution in [1.82, 2.24) is 10.2 Å². The van der Waals surface area contributed by atoms with E-state index in [9.17, 15) is 9.59 Å². The number of rotatable bonds is 6. The Kier molecular flexibility index (Phi) is 5.76. The summed E-state index contributed by atoms with van der Waals surface area (Å²) in [5, 5.41) is 8.50. The van der Waals surface area contributed by atoms with Crippen molar-refractivity contribution in [3.8, 4) is 0 Å². The Morgan fingerprint density at radius 2 is 1.29 bits per heavy atom. The maximum atomic E-state index is 12.7. The third-order valence-corrected chi connectivity index (χ3v) is 3.49. The van der Waals surface area contributed by atoms with Crippen LogP contribution in [-0.2, 0) is 0 Å². The van der Waals surface area contributed by atoms with Crippen LogP contribution in [0.2, 0.25) is 0 Å². The van der Waals surface area contributed by atoms with Gasteiger partial charge in [-0.1, -0.05) is 48.5 Å². The van der Waals surface area contributed by atoms with Gasteiger partial charge in [-0.3, -0.25) is 9.59 Å². The Morgan fingerprint density at radius 3 is 1.62 bits per heavy atom. The highest BCUT2D eigenvalue weighted by molar-refractivity contribution is 6.10. The Bertz CT molecular complexity index is 546. The summed E-state index contributed by atoms with van der Waals surface area (Å²) in [6.07, 6.45) is 0.362. The van der Waals surface area contributed by atoms with Crippen molar-refractivity contribution in [2.24, 2.45) is 5.92 Å². The fourth-order valence-electron chi connectivity index (χ4n) is 2.27. The van der Waals surface area contributed by atoms with E-state index in [1.165, 1.54) is 0 Å². The first-order chi connectivity index (χ1) is 9.72. The second kappa shape index (κ2) is 6.92.